The van der Waals surface area contributed by atoms with Gasteiger partial charge in [0, 0.05) is 41.7 Å². The van der Waals surface area contributed by atoms with Crippen LogP contribution in [0, 0.1) is 11.8 Å². The summed E-state index contributed by atoms with van der Waals surface area (Å²) in [6.45, 7) is 14.7. The minimum absolute atomic E-state index is 0.00863. The molecule has 0 aromatic carbocycles. The summed E-state index contributed by atoms with van der Waals surface area (Å²) in [5.41, 5.74) is 18.2. The summed E-state index contributed by atoms with van der Waals surface area (Å²) in [7, 11) is 0. The van der Waals surface area contributed by atoms with E-state index in [0.29, 0.717) is 42.3 Å². The van der Waals surface area contributed by atoms with Gasteiger partial charge in [0.2, 0.25) is 17.7 Å². The summed E-state index contributed by atoms with van der Waals surface area (Å²) in [6.07, 6.45) is 11.8. The molecule has 1 aromatic heterocycles. The highest BCUT2D eigenvalue weighted by Gasteiger charge is 2.31. The van der Waals surface area contributed by atoms with Crippen LogP contribution in [0.4, 0.5) is 11.4 Å². The van der Waals surface area contributed by atoms with Crippen LogP contribution in [-0.2, 0) is 14.4 Å². The topological polar surface area (TPSA) is 157 Å². The van der Waals surface area contributed by atoms with Gasteiger partial charge in [0.05, 0.1) is 23.8 Å². The maximum absolute atomic E-state index is 12.5. The number of carbonyl (C=O) groups is 3. The number of nitrogens with zero attached hydrogens (tertiary/aromatic N) is 1. The van der Waals surface area contributed by atoms with Crippen molar-refractivity contribution in [2.24, 2.45) is 23.3 Å². The molecule has 0 radical (unpaired) electrons. The van der Waals surface area contributed by atoms with Crippen molar-refractivity contribution in [2.45, 2.75) is 60.3 Å². The van der Waals surface area contributed by atoms with E-state index >= 15 is 0 Å². The minimum atomic E-state index is -0.455. The number of hydrogen-bond donors (Lipinski definition) is 5. The summed E-state index contributed by atoms with van der Waals surface area (Å²) in [5, 5.41) is 9.09. The fourth-order valence-corrected chi connectivity index (χ4v) is 3.87. The molecule has 1 unspecified atom stereocenters. The van der Waals surface area contributed by atoms with E-state index in [0.717, 1.165) is 25.2 Å². The molecule has 1 aliphatic carbocycles. The van der Waals surface area contributed by atoms with E-state index in [2.05, 4.69) is 38.0 Å². The Hall–Kier alpha value is -3.37. The number of nitrogens with one attached hydrogen (secondary N) is 2. The zero-order valence-corrected chi connectivity index (χ0v) is 25.0. The molecular weight excluding hydrogens is 512 g/mol. The number of rotatable bonds is 8. The van der Waals surface area contributed by atoms with Crippen LogP contribution in [0.2, 0.25) is 0 Å². The molecule has 9 nitrogen and oxygen atoms in total. The summed E-state index contributed by atoms with van der Waals surface area (Å²) in [4.78, 5) is 38.4. The highest BCUT2D eigenvalue weighted by Crippen LogP contribution is 2.24. The largest absolute Gasteiger partial charge is 0.401 e. The van der Waals surface area contributed by atoms with Crippen molar-refractivity contribution < 1.29 is 14.4 Å². The number of carbonyl (C=O) groups excluding carboxylic acids is 3. The molecule has 10 heteroatoms. The van der Waals surface area contributed by atoms with E-state index in [1.165, 1.54) is 11.3 Å². The van der Waals surface area contributed by atoms with Gasteiger partial charge in [-0.25, -0.2) is 0 Å². The molecule has 218 valence electrons. The van der Waals surface area contributed by atoms with E-state index < -0.39 is 5.92 Å². The van der Waals surface area contributed by atoms with Crippen molar-refractivity contribution >= 4 is 40.4 Å². The Morgan fingerprint density at radius 2 is 1.79 bits per heavy atom. The van der Waals surface area contributed by atoms with Gasteiger partial charge in [0.1, 0.15) is 0 Å². The standard InChI is InChI=1S/C20H24N4O3S.C4H10.C3H8N2.C2H6/c21-15-12-28-13-16(15)23-18(25)9-5-2-6-10-24-17-8-4-1-3-7-14(17)20(27)22-11-19(24)26;1-4(2)3;1-3(5)2-4;1-2/h1,3-4,7-8,12-14H,2,5-6,9-11,21H2,(H,22,27)(H,23,25);4H,1-3H3;1-2,4-5H2;1-2H3. The van der Waals surface area contributed by atoms with Crippen LogP contribution >= 0.6 is 11.3 Å². The quantitative estimate of drug-likeness (QED) is 0.294. The average molecular weight is 561 g/mol. The SMILES string of the molecule is C=C(N)CN.CC.CC(C)C.Nc1cscc1NC(=O)CCCCCN1C(=O)CNC(=O)C2C=CC=CC=C21. The smallest absolute Gasteiger partial charge is 0.246 e. The first-order valence-electron chi connectivity index (χ1n) is 13.4. The first kappa shape index (κ1) is 35.6. The van der Waals surface area contributed by atoms with E-state index in [4.69, 9.17) is 17.2 Å². The highest BCUT2D eigenvalue weighted by atomic mass is 32.1. The first-order chi connectivity index (χ1) is 18.6. The molecule has 2 heterocycles. The fraction of sp³-hybridized carbons (Fsp3) is 0.483. The Kier molecular flexibility index (Phi) is 18.8. The van der Waals surface area contributed by atoms with Crippen molar-refractivity contribution in [3.05, 3.63) is 59.1 Å². The van der Waals surface area contributed by atoms with Gasteiger partial charge < -0.3 is 32.7 Å². The third-order valence-corrected chi connectivity index (χ3v) is 5.70. The van der Waals surface area contributed by atoms with Gasteiger partial charge in [-0.05, 0) is 24.8 Å². The van der Waals surface area contributed by atoms with Gasteiger partial charge in [0.25, 0.3) is 0 Å². The first-order valence-corrected chi connectivity index (χ1v) is 14.4. The number of fused-ring (bicyclic) bond motifs is 1. The molecule has 3 rings (SSSR count). The lowest BCUT2D eigenvalue weighted by Gasteiger charge is -2.25. The Balaban J connectivity index is 0.00000112. The van der Waals surface area contributed by atoms with Crippen LogP contribution in [0.5, 0.6) is 0 Å². The second-order valence-electron chi connectivity index (χ2n) is 9.30. The predicted molar refractivity (Wildman–Crippen MR) is 165 cm³/mol. The van der Waals surface area contributed by atoms with Gasteiger partial charge in [0.15, 0.2) is 0 Å². The molecule has 0 bridgehead atoms. The van der Waals surface area contributed by atoms with Crippen LogP contribution in [0.25, 0.3) is 0 Å². The van der Waals surface area contributed by atoms with E-state index in [1.807, 2.05) is 43.5 Å². The van der Waals surface area contributed by atoms with Gasteiger partial charge in [-0.3, -0.25) is 14.4 Å². The van der Waals surface area contributed by atoms with Crippen LogP contribution < -0.4 is 27.8 Å². The Labute approximate surface area is 238 Å². The Morgan fingerprint density at radius 1 is 1.15 bits per heavy atom. The fourth-order valence-electron chi connectivity index (χ4n) is 3.19. The summed E-state index contributed by atoms with van der Waals surface area (Å²) in [5.74, 6) is 0.0405. The number of anilines is 2. The van der Waals surface area contributed by atoms with Crippen molar-refractivity contribution in [3.8, 4) is 0 Å². The lowest BCUT2D eigenvalue weighted by atomic mass is 10.0. The molecule has 0 saturated carbocycles. The molecule has 1 saturated heterocycles. The molecule has 1 aromatic rings. The molecule has 0 spiro atoms. The van der Waals surface area contributed by atoms with Crippen molar-refractivity contribution in [1.29, 1.82) is 0 Å². The third-order valence-electron chi connectivity index (χ3n) is 4.93. The minimum Gasteiger partial charge on any atom is -0.401 e. The van der Waals surface area contributed by atoms with E-state index in [9.17, 15) is 14.4 Å². The molecule has 2 aliphatic rings. The molecule has 39 heavy (non-hydrogen) atoms. The number of allylic oxidation sites excluding steroid dienone is 4. The number of amides is 3. The number of nitrogens with two attached hydrogens (primary N) is 3. The molecule has 1 aliphatic heterocycles. The van der Waals surface area contributed by atoms with Gasteiger partial charge >= 0.3 is 0 Å². The van der Waals surface area contributed by atoms with Crippen LogP contribution in [-0.4, -0.2) is 42.3 Å². The molecular formula is C29H48N6O3S. The molecule has 1 atom stereocenters. The Morgan fingerprint density at radius 3 is 2.36 bits per heavy atom. The zero-order chi connectivity index (χ0) is 29.8. The lowest BCUT2D eigenvalue weighted by Crippen LogP contribution is -2.35. The second kappa shape index (κ2) is 20.6. The van der Waals surface area contributed by atoms with E-state index in [-0.39, 0.29) is 24.3 Å². The van der Waals surface area contributed by atoms with Gasteiger partial charge in [-0.15, -0.1) is 11.3 Å². The number of thiophene rings is 1. The van der Waals surface area contributed by atoms with Crippen LogP contribution in [0.3, 0.4) is 0 Å². The van der Waals surface area contributed by atoms with Crippen molar-refractivity contribution in [1.82, 2.24) is 10.2 Å². The van der Waals surface area contributed by atoms with Gasteiger partial charge in [-0.1, -0.05) is 71.9 Å². The van der Waals surface area contributed by atoms with Gasteiger partial charge in [-0.2, -0.15) is 0 Å². The maximum atomic E-state index is 12.5. The normalized spacial score (nSPS) is 15.5. The third kappa shape index (κ3) is 15.0. The number of hydrogen-bond acceptors (Lipinski definition) is 7. The summed E-state index contributed by atoms with van der Waals surface area (Å²) < 4.78 is 0. The number of nitrogen functional groups attached to an aromatic ring is 1. The number of unbranched alkanes of at least 4 members (excludes halogenated alkanes) is 2. The summed E-state index contributed by atoms with van der Waals surface area (Å²) in [6, 6.07) is 0. The van der Waals surface area contributed by atoms with Crippen LogP contribution in [0.15, 0.2) is 59.1 Å². The summed E-state index contributed by atoms with van der Waals surface area (Å²) >= 11 is 1.45. The highest BCUT2D eigenvalue weighted by molar-refractivity contribution is 7.09. The average Bonchev–Trinajstić information content (AvgIpc) is 3.09. The molecule has 3 amide bonds. The molecule has 8 N–H and O–H groups in total. The molecule has 1 fully saturated rings. The maximum Gasteiger partial charge on any atom is 0.246 e. The zero-order valence-electron chi connectivity index (χ0n) is 24.2. The van der Waals surface area contributed by atoms with E-state index in [1.54, 1.807) is 16.4 Å². The Bertz CT molecular complexity index is 994. The van der Waals surface area contributed by atoms with Crippen molar-refractivity contribution in [3.63, 3.8) is 0 Å². The van der Waals surface area contributed by atoms with Crippen LogP contribution in [0.1, 0.15) is 60.3 Å². The second-order valence-corrected chi connectivity index (χ2v) is 10.0. The predicted octanol–water partition coefficient (Wildman–Crippen LogP) is 4.52. The lowest BCUT2D eigenvalue weighted by molar-refractivity contribution is -0.129. The van der Waals surface area contributed by atoms with Crippen molar-refractivity contribution in [2.75, 3.05) is 30.7 Å². The monoisotopic (exact) mass is 560 g/mol.